The maximum absolute atomic E-state index is 5.58. The Bertz CT molecular complexity index is 467. The first kappa shape index (κ1) is 21.4. The van der Waals surface area contributed by atoms with Gasteiger partial charge < -0.3 is 4.74 Å². The fourth-order valence-electron chi connectivity index (χ4n) is 1.54. The van der Waals surface area contributed by atoms with Crippen molar-refractivity contribution in [2.75, 3.05) is 0 Å². The zero-order chi connectivity index (χ0) is 16.3. The maximum atomic E-state index is 5.58. The summed E-state index contributed by atoms with van der Waals surface area (Å²) in [5.74, 6) is 0.711. The predicted octanol–water partition coefficient (Wildman–Crippen LogP) is 5.40. The van der Waals surface area contributed by atoms with Gasteiger partial charge in [-0.05, 0) is 38.5 Å². The van der Waals surface area contributed by atoms with Crippen molar-refractivity contribution in [3.05, 3.63) is 35.7 Å². The van der Waals surface area contributed by atoms with Gasteiger partial charge in [0.1, 0.15) is 6.10 Å². The Morgan fingerprint density at radius 1 is 1.24 bits per heavy atom. The molecular weight excluding hydrogens is 529 g/mol. The molecule has 0 N–H and O–H groups in total. The topological polar surface area (TPSA) is 34.5 Å². The van der Waals surface area contributed by atoms with Crippen LogP contribution in [0.1, 0.15) is 39.0 Å². The van der Waals surface area contributed by atoms with Crippen molar-refractivity contribution in [2.24, 2.45) is 4.99 Å². The van der Waals surface area contributed by atoms with Gasteiger partial charge in [-0.25, -0.2) is 4.99 Å². The average molecular weight is 551 g/mol. The molecule has 0 amide bonds. The van der Waals surface area contributed by atoms with Gasteiger partial charge in [-0.1, -0.05) is 19.9 Å². The molecule has 3 nitrogen and oxygen atoms in total. The van der Waals surface area contributed by atoms with E-state index in [-0.39, 0.29) is 12.1 Å². The van der Waals surface area contributed by atoms with Crippen molar-refractivity contribution in [1.29, 1.82) is 0 Å². The van der Waals surface area contributed by atoms with Crippen molar-refractivity contribution in [3.8, 4) is 0 Å². The van der Waals surface area contributed by atoms with Crippen LogP contribution >= 0.6 is 40.0 Å². The summed E-state index contributed by atoms with van der Waals surface area (Å²) in [7, 11) is 0.628. The molecule has 0 saturated carbocycles. The summed E-state index contributed by atoms with van der Waals surface area (Å²) in [4.78, 5) is 8.62. The molecule has 0 radical (unpaired) electrons. The van der Waals surface area contributed by atoms with Crippen LogP contribution in [0.4, 0.5) is 0 Å². The Balaban J connectivity index is 0.000000713. The van der Waals surface area contributed by atoms with Crippen molar-refractivity contribution in [1.82, 2.24) is 4.98 Å². The minimum absolute atomic E-state index is 0.176. The summed E-state index contributed by atoms with van der Waals surface area (Å²) in [6.45, 7) is 10.1. The van der Waals surface area contributed by atoms with Gasteiger partial charge >= 0.3 is 49.4 Å². The van der Waals surface area contributed by atoms with E-state index < -0.39 is 0 Å². The van der Waals surface area contributed by atoms with E-state index in [2.05, 4.69) is 56.9 Å². The monoisotopic (exact) mass is 551 g/mol. The van der Waals surface area contributed by atoms with Crippen LogP contribution < -0.4 is 0 Å². The van der Waals surface area contributed by atoms with Gasteiger partial charge in [0.25, 0.3) is 0 Å². The number of ether oxygens (including phenoxy) is 1. The zero-order valence-corrected chi connectivity index (χ0v) is 18.8. The summed E-state index contributed by atoms with van der Waals surface area (Å²) in [6, 6.07) is 4.20. The third-order valence-electron chi connectivity index (χ3n) is 2.77. The summed E-state index contributed by atoms with van der Waals surface area (Å²) in [5.41, 5.74) is 2.11. The molecule has 1 aliphatic heterocycles. The summed E-state index contributed by atoms with van der Waals surface area (Å²) < 4.78 is 5.58. The second kappa shape index (κ2) is 12.9. The van der Waals surface area contributed by atoms with E-state index in [0.29, 0.717) is 15.4 Å². The molecule has 0 bridgehead atoms. The van der Waals surface area contributed by atoms with Crippen LogP contribution in [-0.4, -0.2) is 23.0 Å². The van der Waals surface area contributed by atoms with Crippen molar-refractivity contribution < 1.29 is 14.2 Å². The van der Waals surface area contributed by atoms with Gasteiger partial charge in [-0.3, -0.25) is 4.98 Å². The molecule has 21 heavy (non-hydrogen) atoms. The van der Waals surface area contributed by atoms with Gasteiger partial charge in [0.15, 0.2) is 0 Å². The van der Waals surface area contributed by atoms with Crippen LogP contribution in [0.2, 0.25) is 0 Å². The second-order valence-corrected chi connectivity index (χ2v) is 15.9. The third kappa shape index (κ3) is 8.57. The summed E-state index contributed by atoms with van der Waals surface area (Å²) >= 11 is 4.74. The van der Waals surface area contributed by atoms with E-state index in [4.69, 9.17) is 4.74 Å². The van der Waals surface area contributed by atoms with E-state index >= 15 is 0 Å². The standard InChI is InChI=1S/C13H16N2O.C2H6.2HI.V/c1-9-11(3)16-13(15-9)7-6-12-5-4-8-14-10(12)2;1-2;;;/h4-9,11H,1-3H3;1-2H3;2*1H;/q;;;;+2/p-2/b7-6+;;;;. The molecule has 0 saturated heterocycles. The number of nitrogens with zero attached hydrogens (tertiary/aromatic N) is 2. The molecule has 117 valence electrons. The first-order chi connectivity index (χ1) is 10.1. The molecule has 2 heterocycles. The molecule has 1 aliphatic rings. The molecule has 0 aromatic carbocycles. The number of aromatic nitrogens is 1. The molecule has 2 atom stereocenters. The average Bonchev–Trinajstić information content (AvgIpc) is 2.80. The van der Waals surface area contributed by atoms with Crippen LogP contribution in [0.15, 0.2) is 29.4 Å². The Morgan fingerprint density at radius 2 is 1.86 bits per heavy atom. The second-order valence-electron chi connectivity index (χ2n) is 4.11. The fraction of sp³-hybridized carbons (Fsp3) is 0.467. The zero-order valence-electron chi connectivity index (χ0n) is 13.0. The number of hydrogen-bond donors (Lipinski definition) is 0. The summed E-state index contributed by atoms with van der Waals surface area (Å²) in [5, 5.41) is 0. The minimum atomic E-state index is 0.176. The van der Waals surface area contributed by atoms with E-state index in [0.717, 1.165) is 11.3 Å². The van der Waals surface area contributed by atoms with Crippen molar-refractivity contribution in [3.63, 3.8) is 0 Å². The molecular formula is C15H22I2N2OV. The van der Waals surface area contributed by atoms with Crippen LogP contribution in [-0.2, 0) is 14.2 Å². The molecule has 2 unspecified atom stereocenters. The first-order valence-electron chi connectivity index (χ1n) is 6.85. The molecule has 6 heteroatoms. The van der Waals surface area contributed by atoms with Gasteiger partial charge in [0.2, 0.25) is 5.90 Å². The SMILES string of the molecule is CC.Cc1ncccc1/C=C/C1=NC(C)C(C)O1.[I][V][I]. The number of rotatable bonds is 2. The van der Waals surface area contributed by atoms with Gasteiger partial charge in [0.05, 0.1) is 6.04 Å². The Labute approximate surface area is 157 Å². The first-order valence-corrected chi connectivity index (χ1v) is 15.9. The van der Waals surface area contributed by atoms with Gasteiger partial charge in [-0.15, -0.1) is 0 Å². The Kier molecular flexibility index (Phi) is 13.1. The number of pyridine rings is 1. The quantitative estimate of drug-likeness (QED) is 0.462. The van der Waals surface area contributed by atoms with E-state index in [1.165, 1.54) is 0 Å². The Morgan fingerprint density at radius 3 is 2.33 bits per heavy atom. The summed E-state index contributed by atoms with van der Waals surface area (Å²) in [6.07, 6.45) is 5.87. The molecule has 0 spiro atoms. The van der Waals surface area contributed by atoms with E-state index in [1.54, 1.807) is 6.20 Å². The molecule has 2 rings (SSSR count). The van der Waals surface area contributed by atoms with E-state index in [1.807, 2.05) is 52.0 Å². The van der Waals surface area contributed by atoms with E-state index in [9.17, 15) is 0 Å². The van der Waals surface area contributed by atoms with Gasteiger partial charge in [0, 0.05) is 18.0 Å². The number of hydrogen-bond acceptors (Lipinski definition) is 3. The van der Waals surface area contributed by atoms with Crippen molar-refractivity contribution >= 4 is 51.9 Å². The predicted molar refractivity (Wildman–Crippen MR) is 105 cm³/mol. The molecule has 1 aromatic rings. The number of aliphatic imine (C=N–C) groups is 1. The normalized spacial score (nSPS) is 19.7. The Hall–Kier alpha value is 0.404. The van der Waals surface area contributed by atoms with Crippen LogP contribution in [0.3, 0.4) is 0 Å². The number of halogens is 2. The van der Waals surface area contributed by atoms with Crippen LogP contribution in [0.5, 0.6) is 0 Å². The number of aryl methyl sites for hydroxylation is 1. The van der Waals surface area contributed by atoms with Crippen LogP contribution in [0.25, 0.3) is 6.08 Å². The van der Waals surface area contributed by atoms with Crippen LogP contribution in [0, 0.1) is 6.92 Å². The van der Waals surface area contributed by atoms with Gasteiger partial charge in [-0.2, -0.15) is 0 Å². The van der Waals surface area contributed by atoms with Crippen molar-refractivity contribution in [2.45, 2.75) is 46.8 Å². The fourth-order valence-corrected chi connectivity index (χ4v) is 1.54. The third-order valence-corrected chi connectivity index (χ3v) is 2.77. The molecule has 0 aliphatic carbocycles. The molecule has 1 aromatic heterocycles. The molecule has 0 fully saturated rings.